The van der Waals surface area contributed by atoms with Gasteiger partial charge >= 0.3 is 0 Å². The zero-order valence-electron chi connectivity index (χ0n) is 22.8. The zero-order chi connectivity index (χ0) is 27.8. The summed E-state index contributed by atoms with van der Waals surface area (Å²) in [5.74, 6) is 0.128. The van der Waals surface area contributed by atoms with Crippen molar-refractivity contribution in [1.29, 1.82) is 0 Å². The van der Waals surface area contributed by atoms with Crippen molar-refractivity contribution in [2.24, 2.45) is 0 Å². The minimum Gasteiger partial charge on any atom is -0.497 e. The number of hydrogen-bond donors (Lipinski definition) is 1. The maximum absolute atomic E-state index is 13.8. The Morgan fingerprint density at radius 1 is 1.05 bits per heavy atom. The smallest absolute Gasteiger partial charge is 0.244 e. The number of nitrogens with one attached hydrogen (secondary N) is 1. The standard InChI is InChI=1S/C27H39N3O6S/c1-8-22(26(32)28-27(3,4)5)29(18-20-13-12-14-21(17-20)35-6)25(31)19-30(37(7,33)34)23-15-10-11-16-24(23)36-9-2/h10-17,22H,8-9,18-19H2,1-7H3,(H,28,32). The molecule has 9 nitrogen and oxygen atoms in total. The number of sulfonamides is 1. The molecular weight excluding hydrogens is 494 g/mol. The SMILES string of the molecule is CCOc1ccccc1N(CC(=O)N(Cc1cccc(OC)c1)C(CC)C(=O)NC(C)(C)C)S(C)(=O)=O. The third-order valence-electron chi connectivity index (χ3n) is 5.48. The predicted molar refractivity (Wildman–Crippen MR) is 145 cm³/mol. The summed E-state index contributed by atoms with van der Waals surface area (Å²) in [6, 6.07) is 13.0. The van der Waals surface area contributed by atoms with Crippen molar-refractivity contribution in [3.63, 3.8) is 0 Å². The summed E-state index contributed by atoms with van der Waals surface area (Å²) in [5, 5.41) is 2.95. The van der Waals surface area contributed by atoms with E-state index in [2.05, 4.69) is 5.32 Å². The first-order valence-electron chi connectivity index (χ1n) is 12.2. The molecule has 1 atom stereocenters. The largest absolute Gasteiger partial charge is 0.497 e. The molecule has 10 heteroatoms. The van der Waals surface area contributed by atoms with E-state index in [-0.39, 0.29) is 18.1 Å². The summed E-state index contributed by atoms with van der Waals surface area (Å²) < 4.78 is 37.7. The van der Waals surface area contributed by atoms with E-state index in [1.807, 2.05) is 33.8 Å². The third kappa shape index (κ3) is 8.66. The molecule has 0 fully saturated rings. The number of carbonyl (C=O) groups excluding carboxylic acids is 2. The molecule has 0 radical (unpaired) electrons. The van der Waals surface area contributed by atoms with E-state index in [0.29, 0.717) is 24.5 Å². The van der Waals surface area contributed by atoms with Crippen LogP contribution in [0, 0.1) is 0 Å². The molecule has 2 aromatic rings. The fraction of sp³-hybridized carbons (Fsp3) is 0.481. The van der Waals surface area contributed by atoms with Gasteiger partial charge in [0, 0.05) is 12.1 Å². The Kier molecular flexibility index (Phi) is 10.4. The molecular formula is C27H39N3O6S. The van der Waals surface area contributed by atoms with Crippen LogP contribution in [0.4, 0.5) is 5.69 Å². The molecule has 0 saturated heterocycles. The van der Waals surface area contributed by atoms with E-state index in [9.17, 15) is 18.0 Å². The zero-order valence-corrected chi connectivity index (χ0v) is 23.6. The number of para-hydroxylation sites is 2. The number of anilines is 1. The number of rotatable bonds is 12. The van der Waals surface area contributed by atoms with E-state index >= 15 is 0 Å². The molecule has 1 unspecified atom stereocenters. The van der Waals surface area contributed by atoms with Crippen LogP contribution in [0.3, 0.4) is 0 Å². The minimum absolute atomic E-state index is 0.0941. The first-order valence-corrected chi connectivity index (χ1v) is 14.1. The van der Waals surface area contributed by atoms with Gasteiger partial charge < -0.3 is 19.7 Å². The van der Waals surface area contributed by atoms with Crippen LogP contribution in [0.2, 0.25) is 0 Å². The van der Waals surface area contributed by atoms with Crippen molar-refractivity contribution in [2.45, 2.75) is 59.2 Å². The first-order chi connectivity index (χ1) is 17.3. The van der Waals surface area contributed by atoms with Gasteiger partial charge in [0.05, 0.1) is 25.7 Å². The Bertz CT molecular complexity index is 1180. The van der Waals surface area contributed by atoms with E-state index in [4.69, 9.17) is 9.47 Å². The Labute approximate surface area is 220 Å². The molecule has 204 valence electrons. The van der Waals surface area contributed by atoms with Gasteiger partial charge in [-0.1, -0.05) is 31.2 Å². The van der Waals surface area contributed by atoms with E-state index < -0.39 is 34.1 Å². The molecule has 0 spiro atoms. The fourth-order valence-corrected chi connectivity index (χ4v) is 4.73. The van der Waals surface area contributed by atoms with Gasteiger partial charge in [0.25, 0.3) is 0 Å². The number of benzene rings is 2. The lowest BCUT2D eigenvalue weighted by molar-refractivity contribution is -0.141. The van der Waals surface area contributed by atoms with Gasteiger partial charge in [-0.15, -0.1) is 0 Å². The summed E-state index contributed by atoms with van der Waals surface area (Å²) in [4.78, 5) is 28.5. The Morgan fingerprint density at radius 2 is 1.73 bits per heavy atom. The second-order valence-corrected chi connectivity index (χ2v) is 11.6. The average molecular weight is 534 g/mol. The molecule has 37 heavy (non-hydrogen) atoms. The highest BCUT2D eigenvalue weighted by Crippen LogP contribution is 2.30. The van der Waals surface area contributed by atoms with Gasteiger partial charge in [-0.3, -0.25) is 13.9 Å². The maximum Gasteiger partial charge on any atom is 0.244 e. The van der Waals surface area contributed by atoms with Crippen LogP contribution >= 0.6 is 0 Å². The van der Waals surface area contributed by atoms with Crippen molar-refractivity contribution in [1.82, 2.24) is 10.2 Å². The van der Waals surface area contributed by atoms with E-state index in [1.165, 1.54) is 4.90 Å². The number of ether oxygens (including phenoxy) is 2. The van der Waals surface area contributed by atoms with Crippen LogP contribution in [0.15, 0.2) is 48.5 Å². The Hall–Kier alpha value is -3.27. The summed E-state index contributed by atoms with van der Waals surface area (Å²) in [5.41, 5.74) is 0.494. The highest BCUT2D eigenvalue weighted by molar-refractivity contribution is 7.92. The normalized spacial score (nSPS) is 12.4. The summed E-state index contributed by atoms with van der Waals surface area (Å²) >= 11 is 0. The van der Waals surface area contributed by atoms with Crippen molar-refractivity contribution < 1.29 is 27.5 Å². The number of amides is 2. The molecule has 0 aliphatic carbocycles. The van der Waals surface area contributed by atoms with E-state index in [1.54, 1.807) is 56.5 Å². The summed E-state index contributed by atoms with van der Waals surface area (Å²) in [7, 11) is -2.32. The summed E-state index contributed by atoms with van der Waals surface area (Å²) in [6.07, 6.45) is 1.38. The number of methoxy groups -OCH3 is 1. The fourth-order valence-electron chi connectivity index (χ4n) is 3.88. The van der Waals surface area contributed by atoms with Gasteiger partial charge in [0.2, 0.25) is 21.8 Å². The Morgan fingerprint density at radius 3 is 2.30 bits per heavy atom. The molecule has 1 N–H and O–H groups in total. The molecule has 2 aromatic carbocycles. The molecule has 0 aliphatic heterocycles. The van der Waals surface area contributed by atoms with Crippen LogP contribution in [-0.2, 0) is 26.2 Å². The van der Waals surface area contributed by atoms with Gasteiger partial charge in [-0.2, -0.15) is 0 Å². The van der Waals surface area contributed by atoms with Crippen molar-refractivity contribution in [3.05, 3.63) is 54.1 Å². The molecule has 0 aromatic heterocycles. The maximum atomic E-state index is 13.8. The second-order valence-electron chi connectivity index (χ2n) is 9.71. The summed E-state index contributed by atoms with van der Waals surface area (Å²) in [6.45, 7) is 9.13. The second kappa shape index (κ2) is 12.8. The van der Waals surface area contributed by atoms with Gasteiger partial charge in [0.15, 0.2) is 0 Å². The van der Waals surface area contributed by atoms with Gasteiger partial charge in [0.1, 0.15) is 24.1 Å². The minimum atomic E-state index is -3.87. The highest BCUT2D eigenvalue weighted by Gasteiger charge is 2.33. The van der Waals surface area contributed by atoms with Crippen molar-refractivity contribution in [3.8, 4) is 11.5 Å². The van der Waals surface area contributed by atoms with Crippen LogP contribution in [0.5, 0.6) is 11.5 Å². The molecule has 2 rings (SSSR count). The van der Waals surface area contributed by atoms with Gasteiger partial charge in [-0.05, 0) is 63.9 Å². The quantitative estimate of drug-likeness (QED) is 0.447. The molecule has 0 saturated carbocycles. The first kappa shape index (κ1) is 30.0. The van der Waals surface area contributed by atoms with E-state index in [0.717, 1.165) is 16.1 Å². The third-order valence-corrected chi connectivity index (χ3v) is 6.61. The topological polar surface area (TPSA) is 105 Å². The highest BCUT2D eigenvalue weighted by atomic mass is 32.2. The number of nitrogens with zero attached hydrogens (tertiary/aromatic N) is 2. The number of carbonyl (C=O) groups is 2. The van der Waals surface area contributed by atoms with Crippen LogP contribution in [0.1, 0.15) is 46.6 Å². The van der Waals surface area contributed by atoms with Crippen LogP contribution < -0.4 is 19.1 Å². The van der Waals surface area contributed by atoms with Crippen LogP contribution in [0.25, 0.3) is 0 Å². The lowest BCUT2D eigenvalue weighted by Gasteiger charge is -2.34. The Balaban J connectivity index is 2.52. The molecule has 0 heterocycles. The lowest BCUT2D eigenvalue weighted by atomic mass is 10.1. The molecule has 2 amide bonds. The van der Waals surface area contributed by atoms with Gasteiger partial charge in [-0.25, -0.2) is 8.42 Å². The monoisotopic (exact) mass is 533 g/mol. The van der Waals surface area contributed by atoms with Crippen molar-refractivity contribution >= 4 is 27.5 Å². The molecule has 0 bridgehead atoms. The average Bonchev–Trinajstić information content (AvgIpc) is 2.81. The van der Waals surface area contributed by atoms with Crippen LogP contribution in [-0.4, -0.2) is 63.2 Å². The van der Waals surface area contributed by atoms with Crippen molar-refractivity contribution in [2.75, 3.05) is 30.8 Å². The molecule has 0 aliphatic rings. The lowest BCUT2D eigenvalue weighted by Crippen LogP contribution is -2.55. The predicted octanol–water partition coefficient (Wildman–Crippen LogP) is 3.58. The number of hydrogen-bond acceptors (Lipinski definition) is 6.